The number of imidazole rings is 1. The Balaban J connectivity index is 1.18. The van der Waals surface area contributed by atoms with E-state index in [-0.39, 0.29) is 17.5 Å². The average Bonchev–Trinajstić information content (AvgIpc) is 3.41. The van der Waals surface area contributed by atoms with Gasteiger partial charge in [-0.2, -0.15) is 5.10 Å². The zero-order valence-electron chi connectivity index (χ0n) is 16.2. The van der Waals surface area contributed by atoms with Crippen molar-refractivity contribution in [2.75, 3.05) is 19.6 Å². The van der Waals surface area contributed by atoms with Crippen LogP contribution in [-0.4, -0.2) is 55.9 Å². The standard InChI is InChI=1S/C21H24ClN5O2/c22-16-12-24-27(13-16)10-9-25-7-5-21(6-8-25)11-17(29-20(21)28)14-26-15-23-18-3-1-2-4-19(18)26/h1-4,12-13,15,17H,5-11,14H2. The molecule has 0 aliphatic carbocycles. The highest BCUT2D eigenvalue weighted by molar-refractivity contribution is 6.30. The molecule has 1 atom stereocenters. The van der Waals surface area contributed by atoms with E-state index < -0.39 is 0 Å². The summed E-state index contributed by atoms with van der Waals surface area (Å²) in [5.41, 5.74) is 1.73. The number of cyclic esters (lactones) is 1. The predicted molar refractivity (Wildman–Crippen MR) is 110 cm³/mol. The smallest absolute Gasteiger partial charge is 0.312 e. The molecule has 0 radical (unpaired) electrons. The van der Waals surface area contributed by atoms with E-state index >= 15 is 0 Å². The number of ether oxygens (including phenoxy) is 1. The van der Waals surface area contributed by atoms with E-state index in [1.165, 1.54) is 0 Å². The third kappa shape index (κ3) is 3.65. The summed E-state index contributed by atoms with van der Waals surface area (Å²) in [5, 5.41) is 4.89. The summed E-state index contributed by atoms with van der Waals surface area (Å²) >= 11 is 5.92. The van der Waals surface area contributed by atoms with Crippen molar-refractivity contribution in [2.24, 2.45) is 5.41 Å². The van der Waals surface area contributed by atoms with E-state index in [1.807, 2.05) is 35.4 Å². The van der Waals surface area contributed by atoms with Gasteiger partial charge in [0.05, 0.1) is 47.1 Å². The van der Waals surface area contributed by atoms with Crippen LogP contribution in [0.3, 0.4) is 0 Å². The molecule has 152 valence electrons. The van der Waals surface area contributed by atoms with E-state index in [0.717, 1.165) is 56.5 Å². The van der Waals surface area contributed by atoms with Crippen molar-refractivity contribution in [3.05, 3.63) is 48.0 Å². The van der Waals surface area contributed by atoms with Crippen LogP contribution in [0.4, 0.5) is 0 Å². The number of likely N-dealkylation sites (tertiary alicyclic amines) is 1. The molecule has 2 saturated heterocycles. The second-order valence-electron chi connectivity index (χ2n) is 8.16. The molecule has 5 rings (SSSR count). The first kappa shape index (κ1) is 18.6. The Hall–Kier alpha value is -2.38. The molecule has 1 aromatic carbocycles. The highest BCUT2D eigenvalue weighted by Crippen LogP contribution is 2.43. The third-order valence-corrected chi connectivity index (χ3v) is 6.51. The number of aromatic nitrogens is 4. The molecule has 0 N–H and O–H groups in total. The summed E-state index contributed by atoms with van der Waals surface area (Å²) in [7, 11) is 0. The van der Waals surface area contributed by atoms with Crippen molar-refractivity contribution in [1.82, 2.24) is 24.2 Å². The number of fused-ring (bicyclic) bond motifs is 1. The Morgan fingerprint density at radius 1 is 1.21 bits per heavy atom. The minimum absolute atomic E-state index is 0.0228. The zero-order chi connectivity index (χ0) is 19.8. The van der Waals surface area contributed by atoms with Gasteiger partial charge in [-0.25, -0.2) is 4.98 Å². The fourth-order valence-corrected chi connectivity index (χ4v) is 4.79. The lowest BCUT2D eigenvalue weighted by Gasteiger charge is -2.36. The number of hydrogen-bond acceptors (Lipinski definition) is 5. The number of halogens is 1. The van der Waals surface area contributed by atoms with Gasteiger partial charge in [0, 0.05) is 19.2 Å². The lowest BCUT2D eigenvalue weighted by atomic mass is 9.76. The highest BCUT2D eigenvalue weighted by atomic mass is 35.5. The maximum Gasteiger partial charge on any atom is 0.312 e. The van der Waals surface area contributed by atoms with Crippen LogP contribution < -0.4 is 0 Å². The molecule has 2 aliphatic heterocycles. The molecule has 2 fully saturated rings. The van der Waals surface area contributed by atoms with E-state index in [2.05, 4.69) is 25.6 Å². The number of carbonyl (C=O) groups is 1. The fraction of sp³-hybridized carbons (Fsp3) is 0.476. The normalized spacial score (nSPS) is 21.8. The van der Waals surface area contributed by atoms with E-state index in [9.17, 15) is 4.79 Å². The molecule has 8 heteroatoms. The SMILES string of the molecule is O=C1OC(Cn2cnc3ccccc32)CC12CCN(CCn1cc(Cl)cn1)CC2. The van der Waals surface area contributed by atoms with Gasteiger partial charge in [0.1, 0.15) is 6.10 Å². The lowest BCUT2D eigenvalue weighted by Crippen LogP contribution is -2.43. The average molecular weight is 414 g/mol. The zero-order valence-corrected chi connectivity index (χ0v) is 17.0. The van der Waals surface area contributed by atoms with Crippen LogP contribution >= 0.6 is 11.6 Å². The molecule has 1 unspecified atom stereocenters. The quantitative estimate of drug-likeness (QED) is 0.601. The second kappa shape index (κ2) is 7.46. The number of carbonyl (C=O) groups excluding carboxylic acids is 1. The Labute approximate surface area is 174 Å². The highest BCUT2D eigenvalue weighted by Gasteiger charge is 2.50. The number of rotatable bonds is 5. The van der Waals surface area contributed by atoms with Gasteiger partial charge in [-0.1, -0.05) is 23.7 Å². The maximum absolute atomic E-state index is 12.7. The first-order valence-corrected chi connectivity index (χ1v) is 10.5. The Bertz CT molecular complexity index is 1020. The summed E-state index contributed by atoms with van der Waals surface area (Å²) in [6.45, 7) is 4.20. The van der Waals surface area contributed by atoms with Gasteiger partial charge in [-0.3, -0.25) is 9.48 Å². The minimum Gasteiger partial charge on any atom is -0.460 e. The second-order valence-corrected chi connectivity index (χ2v) is 8.60. The third-order valence-electron chi connectivity index (χ3n) is 6.31. The molecule has 4 heterocycles. The van der Waals surface area contributed by atoms with Crippen LogP contribution in [0.25, 0.3) is 11.0 Å². The summed E-state index contributed by atoms with van der Waals surface area (Å²) in [6.07, 6.45) is 7.75. The van der Waals surface area contributed by atoms with Gasteiger partial charge in [-0.15, -0.1) is 0 Å². The van der Waals surface area contributed by atoms with Crippen molar-refractivity contribution >= 4 is 28.6 Å². The molecular weight excluding hydrogens is 390 g/mol. The molecule has 0 saturated carbocycles. The van der Waals surface area contributed by atoms with E-state index in [4.69, 9.17) is 16.3 Å². The number of esters is 1. The summed E-state index contributed by atoms with van der Waals surface area (Å²) in [4.78, 5) is 19.6. The van der Waals surface area contributed by atoms with E-state index in [0.29, 0.717) is 11.6 Å². The van der Waals surface area contributed by atoms with Crippen LogP contribution in [0, 0.1) is 5.41 Å². The number of nitrogens with zero attached hydrogens (tertiary/aromatic N) is 5. The summed E-state index contributed by atoms with van der Waals surface area (Å²) < 4.78 is 9.77. The molecule has 7 nitrogen and oxygen atoms in total. The van der Waals surface area contributed by atoms with Crippen molar-refractivity contribution in [1.29, 1.82) is 0 Å². The van der Waals surface area contributed by atoms with Crippen molar-refractivity contribution in [3.63, 3.8) is 0 Å². The van der Waals surface area contributed by atoms with Gasteiger partial charge in [0.15, 0.2) is 0 Å². The van der Waals surface area contributed by atoms with Gasteiger partial charge in [0.25, 0.3) is 0 Å². The Morgan fingerprint density at radius 2 is 2.03 bits per heavy atom. The van der Waals surface area contributed by atoms with Crippen LogP contribution in [-0.2, 0) is 22.6 Å². The summed E-state index contributed by atoms with van der Waals surface area (Å²) in [6, 6.07) is 8.05. The number of piperidine rings is 1. The molecular formula is C21H24ClN5O2. The largest absolute Gasteiger partial charge is 0.460 e. The van der Waals surface area contributed by atoms with Gasteiger partial charge >= 0.3 is 5.97 Å². The number of para-hydroxylation sites is 2. The monoisotopic (exact) mass is 413 g/mol. The van der Waals surface area contributed by atoms with Crippen LogP contribution in [0.2, 0.25) is 5.02 Å². The van der Waals surface area contributed by atoms with Gasteiger partial charge in [0.2, 0.25) is 0 Å². The first-order valence-electron chi connectivity index (χ1n) is 10.1. The Kier molecular flexibility index (Phi) is 4.80. The van der Waals surface area contributed by atoms with Crippen LogP contribution in [0.1, 0.15) is 19.3 Å². The van der Waals surface area contributed by atoms with Crippen LogP contribution in [0.15, 0.2) is 43.0 Å². The number of benzene rings is 1. The molecule has 0 amide bonds. The molecule has 1 spiro atoms. The molecule has 2 aromatic heterocycles. The maximum atomic E-state index is 12.7. The Morgan fingerprint density at radius 3 is 2.83 bits per heavy atom. The lowest BCUT2D eigenvalue weighted by molar-refractivity contribution is -0.151. The fourth-order valence-electron chi connectivity index (χ4n) is 4.63. The van der Waals surface area contributed by atoms with Crippen molar-refractivity contribution < 1.29 is 9.53 Å². The van der Waals surface area contributed by atoms with E-state index in [1.54, 1.807) is 6.20 Å². The molecule has 0 bridgehead atoms. The molecule has 2 aliphatic rings. The van der Waals surface area contributed by atoms with Gasteiger partial charge in [-0.05, 0) is 38.1 Å². The van der Waals surface area contributed by atoms with Crippen molar-refractivity contribution in [2.45, 2.75) is 38.5 Å². The topological polar surface area (TPSA) is 65.2 Å². The minimum atomic E-state index is -0.327. The molecule has 29 heavy (non-hydrogen) atoms. The van der Waals surface area contributed by atoms with Gasteiger partial charge < -0.3 is 14.2 Å². The number of hydrogen-bond donors (Lipinski definition) is 0. The first-order chi connectivity index (χ1) is 14.1. The predicted octanol–water partition coefficient (Wildman–Crippen LogP) is 2.98. The summed E-state index contributed by atoms with van der Waals surface area (Å²) in [5.74, 6) is -0.0228. The van der Waals surface area contributed by atoms with Crippen LogP contribution in [0.5, 0.6) is 0 Å². The molecule has 3 aromatic rings. The van der Waals surface area contributed by atoms with Crippen molar-refractivity contribution in [3.8, 4) is 0 Å².